The molecule has 7 heteroatoms. The number of benzene rings is 1. The van der Waals surface area contributed by atoms with Crippen molar-refractivity contribution >= 4 is 11.5 Å². The highest BCUT2D eigenvalue weighted by atomic mass is 32.1. The summed E-state index contributed by atoms with van der Waals surface area (Å²) in [5.41, 5.74) is 1.10. The maximum atomic E-state index is 5.79. The predicted octanol–water partition coefficient (Wildman–Crippen LogP) is 2.68. The molecule has 1 N–H and O–H groups in total. The summed E-state index contributed by atoms with van der Waals surface area (Å²) in [4.78, 5) is 0.774. The Hall–Kier alpha value is -2.12. The highest BCUT2D eigenvalue weighted by Crippen LogP contribution is 2.25. The smallest absolute Gasteiger partial charge is 0.261 e. The van der Waals surface area contributed by atoms with Crippen molar-refractivity contribution < 1.29 is 4.42 Å². The van der Waals surface area contributed by atoms with E-state index >= 15 is 0 Å². The molecule has 0 spiro atoms. The van der Waals surface area contributed by atoms with Gasteiger partial charge in [0.15, 0.2) is 0 Å². The molecule has 0 aliphatic heterocycles. The summed E-state index contributed by atoms with van der Waals surface area (Å²) in [5.74, 6) is 1.01. The Labute approximate surface area is 126 Å². The van der Waals surface area contributed by atoms with Gasteiger partial charge in [-0.25, -0.2) is 0 Å². The van der Waals surface area contributed by atoms with Gasteiger partial charge in [-0.2, -0.15) is 0 Å². The zero-order chi connectivity index (χ0) is 14.5. The normalized spacial score (nSPS) is 12.4. The van der Waals surface area contributed by atoms with Gasteiger partial charge in [-0.3, -0.25) is 0 Å². The first kappa shape index (κ1) is 13.8. The lowest BCUT2D eigenvalue weighted by Crippen LogP contribution is -2.23. The van der Waals surface area contributed by atoms with Crippen molar-refractivity contribution in [1.29, 1.82) is 0 Å². The van der Waals surface area contributed by atoms with Gasteiger partial charge in [0.05, 0.1) is 6.20 Å². The van der Waals surface area contributed by atoms with E-state index in [4.69, 9.17) is 4.42 Å². The summed E-state index contributed by atoms with van der Waals surface area (Å²) in [6.07, 6.45) is 2.65. The van der Waals surface area contributed by atoms with Gasteiger partial charge in [-0.15, -0.1) is 15.3 Å². The Bertz CT molecular complexity index is 668. The summed E-state index contributed by atoms with van der Waals surface area (Å²) in [5, 5.41) is 15.5. The van der Waals surface area contributed by atoms with Crippen LogP contribution in [0.3, 0.4) is 0 Å². The third-order valence-electron chi connectivity index (χ3n) is 2.99. The van der Waals surface area contributed by atoms with Crippen LogP contribution in [-0.2, 0) is 0 Å². The van der Waals surface area contributed by atoms with E-state index in [9.17, 15) is 0 Å². The Kier molecular flexibility index (Phi) is 4.32. The molecule has 0 amide bonds. The van der Waals surface area contributed by atoms with Gasteiger partial charge in [0.2, 0.25) is 5.89 Å². The molecule has 0 bridgehead atoms. The van der Waals surface area contributed by atoms with Crippen LogP contribution in [-0.4, -0.2) is 26.3 Å². The van der Waals surface area contributed by atoms with Crippen LogP contribution >= 0.6 is 11.5 Å². The molecule has 0 saturated heterocycles. The van der Waals surface area contributed by atoms with Crippen molar-refractivity contribution in [3.63, 3.8) is 0 Å². The van der Waals surface area contributed by atoms with Crippen molar-refractivity contribution in [2.45, 2.75) is 19.4 Å². The van der Waals surface area contributed by atoms with Gasteiger partial charge in [0.25, 0.3) is 5.89 Å². The molecule has 1 atom stereocenters. The minimum absolute atomic E-state index is 0.103. The zero-order valence-corrected chi connectivity index (χ0v) is 12.4. The van der Waals surface area contributed by atoms with Crippen LogP contribution < -0.4 is 5.32 Å². The number of hydrogen-bond acceptors (Lipinski definition) is 7. The van der Waals surface area contributed by atoms with Gasteiger partial charge in [-0.05, 0) is 30.1 Å². The monoisotopic (exact) mass is 301 g/mol. The summed E-state index contributed by atoms with van der Waals surface area (Å²) in [6.45, 7) is 3.00. The topological polar surface area (TPSA) is 76.7 Å². The Morgan fingerprint density at radius 3 is 2.81 bits per heavy atom. The summed E-state index contributed by atoms with van der Waals surface area (Å²) < 4.78 is 9.60. The van der Waals surface area contributed by atoms with Gasteiger partial charge in [-0.1, -0.05) is 41.7 Å². The lowest BCUT2D eigenvalue weighted by Gasteiger charge is -2.14. The van der Waals surface area contributed by atoms with E-state index in [1.807, 2.05) is 30.3 Å². The summed E-state index contributed by atoms with van der Waals surface area (Å²) in [6, 6.07) is 9.98. The van der Waals surface area contributed by atoms with Crippen LogP contribution in [0.25, 0.3) is 10.8 Å². The second-order valence-corrected chi connectivity index (χ2v) is 5.31. The van der Waals surface area contributed by atoms with E-state index in [-0.39, 0.29) is 6.04 Å². The van der Waals surface area contributed by atoms with E-state index < -0.39 is 0 Å². The fourth-order valence-corrected chi connectivity index (χ4v) is 2.43. The fraction of sp³-hybridized carbons (Fsp3) is 0.286. The van der Waals surface area contributed by atoms with E-state index in [1.54, 1.807) is 6.20 Å². The highest BCUT2D eigenvalue weighted by molar-refractivity contribution is 7.09. The number of rotatable bonds is 6. The van der Waals surface area contributed by atoms with Crippen LogP contribution in [0.1, 0.15) is 30.8 Å². The van der Waals surface area contributed by atoms with Crippen molar-refractivity contribution in [3.8, 4) is 10.8 Å². The van der Waals surface area contributed by atoms with Crippen LogP contribution in [0.4, 0.5) is 0 Å². The Morgan fingerprint density at radius 2 is 2.10 bits per heavy atom. The molecule has 21 heavy (non-hydrogen) atoms. The largest absolute Gasteiger partial charge is 0.418 e. The number of hydrogen-bond donors (Lipinski definition) is 1. The number of nitrogens with zero attached hydrogens (tertiary/aromatic N) is 4. The lowest BCUT2D eigenvalue weighted by molar-refractivity contribution is 0.439. The van der Waals surface area contributed by atoms with E-state index in [2.05, 4.69) is 32.0 Å². The third-order valence-corrected chi connectivity index (χ3v) is 3.64. The molecule has 6 nitrogen and oxygen atoms in total. The van der Waals surface area contributed by atoms with Gasteiger partial charge >= 0.3 is 0 Å². The van der Waals surface area contributed by atoms with Crippen LogP contribution in [0.15, 0.2) is 40.9 Å². The molecular formula is C14H15N5OS. The first-order valence-corrected chi connectivity index (χ1v) is 7.55. The van der Waals surface area contributed by atoms with Crippen molar-refractivity contribution in [2.75, 3.05) is 6.54 Å². The first-order chi connectivity index (χ1) is 10.4. The second-order valence-electron chi connectivity index (χ2n) is 4.53. The maximum absolute atomic E-state index is 5.79. The van der Waals surface area contributed by atoms with Gasteiger partial charge < -0.3 is 9.73 Å². The van der Waals surface area contributed by atoms with Gasteiger partial charge in [0, 0.05) is 0 Å². The molecule has 108 valence electrons. The molecule has 0 radical (unpaired) electrons. The minimum Gasteiger partial charge on any atom is -0.418 e. The Morgan fingerprint density at radius 1 is 1.24 bits per heavy atom. The van der Waals surface area contributed by atoms with Gasteiger partial charge in [0.1, 0.15) is 10.9 Å². The van der Waals surface area contributed by atoms with Crippen LogP contribution in [0.2, 0.25) is 0 Å². The van der Waals surface area contributed by atoms with E-state index in [0.717, 1.165) is 23.4 Å². The van der Waals surface area contributed by atoms with Crippen molar-refractivity contribution in [1.82, 2.24) is 25.1 Å². The quantitative estimate of drug-likeness (QED) is 0.754. The number of aromatic nitrogens is 4. The molecule has 1 aromatic carbocycles. The standard InChI is InChI=1S/C14H15N5OS/c1-2-8-15-12(10-6-4-3-5-7-10)14-18-17-13(20-14)11-9-16-19-21-11/h3-7,9,12,15H,2,8H2,1H3. The second kappa shape index (κ2) is 6.55. The van der Waals surface area contributed by atoms with Crippen LogP contribution in [0, 0.1) is 0 Å². The zero-order valence-electron chi connectivity index (χ0n) is 11.6. The molecule has 3 aromatic rings. The summed E-state index contributed by atoms with van der Waals surface area (Å²) >= 11 is 1.24. The number of nitrogens with one attached hydrogen (secondary N) is 1. The molecule has 0 aliphatic rings. The average Bonchev–Trinajstić information content (AvgIpc) is 3.20. The van der Waals surface area contributed by atoms with Crippen molar-refractivity contribution in [3.05, 3.63) is 48.0 Å². The van der Waals surface area contributed by atoms with E-state index in [0.29, 0.717) is 11.8 Å². The maximum Gasteiger partial charge on any atom is 0.261 e. The van der Waals surface area contributed by atoms with Crippen molar-refractivity contribution in [2.24, 2.45) is 0 Å². The predicted molar refractivity (Wildman–Crippen MR) is 79.8 cm³/mol. The lowest BCUT2D eigenvalue weighted by atomic mass is 10.1. The SMILES string of the molecule is CCCNC(c1ccccc1)c1nnc(-c2cnns2)o1. The molecule has 3 rings (SSSR count). The molecule has 1 unspecified atom stereocenters. The molecule has 0 saturated carbocycles. The molecule has 2 aromatic heterocycles. The van der Waals surface area contributed by atoms with E-state index in [1.165, 1.54) is 11.5 Å². The summed E-state index contributed by atoms with van der Waals surface area (Å²) in [7, 11) is 0. The highest BCUT2D eigenvalue weighted by Gasteiger charge is 2.21. The minimum atomic E-state index is -0.103. The molecular weight excluding hydrogens is 286 g/mol. The third kappa shape index (κ3) is 3.14. The fourth-order valence-electron chi connectivity index (χ4n) is 1.99. The molecule has 0 aliphatic carbocycles. The average molecular weight is 301 g/mol. The Balaban J connectivity index is 1.90. The van der Waals surface area contributed by atoms with Crippen LogP contribution in [0.5, 0.6) is 0 Å². The molecule has 2 heterocycles. The first-order valence-electron chi connectivity index (χ1n) is 6.78. The molecule has 0 fully saturated rings.